The fourth-order valence-corrected chi connectivity index (χ4v) is 2.66. The average Bonchev–Trinajstić information content (AvgIpc) is 3.01. The third-order valence-corrected chi connectivity index (χ3v) is 4.09. The molecular formula is C17H14FN5O4S. The molecule has 0 aliphatic rings. The molecule has 0 bridgehead atoms. The third-order valence-electron chi connectivity index (χ3n) is 3.83. The number of phenols is 1. The van der Waals surface area contributed by atoms with Crippen molar-refractivity contribution in [3.8, 4) is 11.5 Å². The van der Waals surface area contributed by atoms with Crippen LogP contribution in [0.1, 0.15) is 17.0 Å². The van der Waals surface area contributed by atoms with Crippen LogP contribution in [0.5, 0.6) is 11.5 Å². The number of hydrogen-bond donors (Lipinski definition) is 2. The average molecular weight is 403 g/mol. The molecule has 3 rings (SSSR count). The topological polar surface area (TPSA) is 119 Å². The normalized spacial score (nSPS) is 11.1. The molecule has 1 heterocycles. The zero-order chi connectivity index (χ0) is 20.3. The number of ether oxygens (including phenoxy) is 1. The molecule has 0 atom stereocenters. The predicted octanol–water partition coefficient (Wildman–Crippen LogP) is 3.18. The van der Waals surface area contributed by atoms with Gasteiger partial charge in [-0.2, -0.15) is 14.9 Å². The number of aromatic amines is 1. The monoisotopic (exact) mass is 403 g/mol. The summed E-state index contributed by atoms with van der Waals surface area (Å²) in [6.07, 6.45) is 1.50. The van der Waals surface area contributed by atoms with E-state index in [1.165, 1.54) is 36.2 Å². The summed E-state index contributed by atoms with van der Waals surface area (Å²) in [5, 5.41) is 32.0. The van der Waals surface area contributed by atoms with Crippen LogP contribution in [-0.4, -0.2) is 38.2 Å². The SMILES string of the molecule is COc1cc([N+](=O)[O-])c(/C=N\n2c(Cc3ccc(F)cc3)n[nH]c2=S)cc1O. The number of nitrogens with zero attached hydrogens (tertiary/aromatic N) is 4. The molecule has 11 heteroatoms. The van der Waals surface area contributed by atoms with Gasteiger partial charge in [-0.25, -0.2) is 4.39 Å². The Morgan fingerprint density at radius 3 is 2.79 bits per heavy atom. The van der Waals surface area contributed by atoms with Crippen LogP contribution in [-0.2, 0) is 6.42 Å². The molecule has 0 saturated heterocycles. The molecule has 9 nitrogen and oxygen atoms in total. The van der Waals surface area contributed by atoms with E-state index in [4.69, 9.17) is 17.0 Å². The van der Waals surface area contributed by atoms with Crippen LogP contribution < -0.4 is 4.74 Å². The lowest BCUT2D eigenvalue weighted by Gasteiger charge is -2.05. The van der Waals surface area contributed by atoms with Gasteiger partial charge in [0.2, 0.25) is 4.77 Å². The molecule has 3 aromatic rings. The number of aromatic hydroxyl groups is 1. The number of H-pyrrole nitrogens is 1. The van der Waals surface area contributed by atoms with Crippen molar-refractivity contribution in [2.24, 2.45) is 5.10 Å². The molecule has 0 radical (unpaired) electrons. The second-order valence-electron chi connectivity index (χ2n) is 5.64. The molecule has 0 amide bonds. The van der Waals surface area contributed by atoms with Crippen molar-refractivity contribution in [1.29, 1.82) is 0 Å². The van der Waals surface area contributed by atoms with Gasteiger partial charge in [-0.15, -0.1) is 0 Å². The third kappa shape index (κ3) is 4.04. The first-order valence-electron chi connectivity index (χ1n) is 7.89. The molecule has 0 aliphatic heterocycles. The lowest BCUT2D eigenvalue weighted by molar-refractivity contribution is -0.385. The van der Waals surface area contributed by atoms with Crippen molar-refractivity contribution in [3.05, 3.63) is 74.1 Å². The van der Waals surface area contributed by atoms with E-state index < -0.39 is 4.92 Å². The molecule has 0 fully saturated rings. The summed E-state index contributed by atoms with van der Waals surface area (Å²) in [5.41, 5.74) is 0.535. The molecule has 28 heavy (non-hydrogen) atoms. The van der Waals surface area contributed by atoms with Crippen LogP contribution >= 0.6 is 12.2 Å². The number of benzene rings is 2. The van der Waals surface area contributed by atoms with Crippen LogP contribution in [0.25, 0.3) is 0 Å². The summed E-state index contributed by atoms with van der Waals surface area (Å²) in [5.74, 6) is -0.224. The van der Waals surface area contributed by atoms with Crippen molar-refractivity contribution in [2.75, 3.05) is 7.11 Å². The molecule has 0 saturated carbocycles. The smallest absolute Gasteiger partial charge is 0.282 e. The Morgan fingerprint density at radius 2 is 2.14 bits per heavy atom. The number of rotatable bonds is 6. The minimum atomic E-state index is -0.614. The van der Waals surface area contributed by atoms with E-state index in [9.17, 15) is 19.6 Å². The number of methoxy groups -OCH3 is 1. The minimum Gasteiger partial charge on any atom is -0.504 e. The van der Waals surface area contributed by atoms with Crippen LogP contribution in [0.3, 0.4) is 0 Å². The van der Waals surface area contributed by atoms with Crippen LogP contribution in [0.4, 0.5) is 10.1 Å². The standard InChI is InChI=1S/C17H14FN5O4S/c1-27-15-8-13(23(25)26)11(7-14(15)24)9-19-22-16(20-21-17(22)28)6-10-2-4-12(18)5-3-10/h2-5,7-9,24H,6H2,1H3,(H,21,28)/b19-9-. The fraction of sp³-hybridized carbons (Fsp3) is 0.118. The van der Waals surface area contributed by atoms with Crippen LogP contribution in [0.15, 0.2) is 41.5 Å². The summed E-state index contributed by atoms with van der Waals surface area (Å²) in [7, 11) is 1.29. The van der Waals surface area contributed by atoms with Gasteiger partial charge >= 0.3 is 0 Å². The number of halogens is 1. The van der Waals surface area contributed by atoms with Gasteiger partial charge in [0.1, 0.15) is 5.82 Å². The van der Waals surface area contributed by atoms with Crippen molar-refractivity contribution < 1.29 is 19.2 Å². The largest absolute Gasteiger partial charge is 0.504 e. The Labute approximate surface area is 162 Å². The van der Waals surface area contributed by atoms with Crippen molar-refractivity contribution in [1.82, 2.24) is 14.9 Å². The maximum atomic E-state index is 13.1. The van der Waals surface area contributed by atoms with Gasteiger partial charge in [0.25, 0.3) is 5.69 Å². The van der Waals surface area contributed by atoms with Gasteiger partial charge in [0, 0.05) is 6.42 Å². The first kappa shape index (κ1) is 19.2. The van der Waals surface area contributed by atoms with Crippen molar-refractivity contribution in [3.63, 3.8) is 0 Å². The molecule has 0 unspecified atom stereocenters. The fourth-order valence-electron chi connectivity index (χ4n) is 2.46. The highest BCUT2D eigenvalue weighted by Gasteiger charge is 2.18. The molecule has 0 spiro atoms. The summed E-state index contributed by atoms with van der Waals surface area (Å²) < 4.78 is 19.4. The number of aromatic nitrogens is 3. The highest BCUT2D eigenvalue weighted by atomic mass is 32.1. The van der Waals surface area contributed by atoms with Gasteiger partial charge in [0.15, 0.2) is 17.3 Å². The molecule has 0 aliphatic carbocycles. The molecule has 144 valence electrons. The van der Waals surface area contributed by atoms with Gasteiger partial charge in [-0.3, -0.25) is 15.2 Å². The number of phenolic OH excluding ortho intramolecular Hbond substituents is 1. The first-order valence-corrected chi connectivity index (χ1v) is 8.30. The summed E-state index contributed by atoms with van der Waals surface area (Å²) in [6.45, 7) is 0. The van der Waals surface area contributed by atoms with Gasteiger partial charge < -0.3 is 9.84 Å². The second-order valence-corrected chi connectivity index (χ2v) is 6.03. The lowest BCUT2D eigenvalue weighted by atomic mass is 10.1. The number of nitrogens with one attached hydrogen (secondary N) is 1. The number of nitro groups is 1. The van der Waals surface area contributed by atoms with E-state index in [0.29, 0.717) is 12.2 Å². The number of nitro benzene ring substituents is 1. The van der Waals surface area contributed by atoms with Gasteiger partial charge in [0.05, 0.1) is 29.9 Å². The van der Waals surface area contributed by atoms with Gasteiger partial charge in [-0.05, 0) is 36.0 Å². The summed E-state index contributed by atoms with van der Waals surface area (Å²) in [6, 6.07) is 8.14. The summed E-state index contributed by atoms with van der Waals surface area (Å²) in [4.78, 5) is 10.7. The maximum Gasteiger partial charge on any atom is 0.282 e. The quantitative estimate of drug-likeness (QED) is 0.282. The highest BCUT2D eigenvalue weighted by Crippen LogP contribution is 2.32. The molecule has 2 N–H and O–H groups in total. The second kappa shape index (κ2) is 7.96. The van der Waals surface area contributed by atoms with Crippen LogP contribution in [0.2, 0.25) is 0 Å². The van der Waals surface area contributed by atoms with Crippen molar-refractivity contribution in [2.45, 2.75) is 6.42 Å². The minimum absolute atomic E-state index is 0.0271. The Kier molecular flexibility index (Phi) is 5.45. The van der Waals surface area contributed by atoms with Crippen molar-refractivity contribution >= 4 is 24.1 Å². The zero-order valence-electron chi connectivity index (χ0n) is 14.5. The number of hydrogen-bond acceptors (Lipinski definition) is 7. The first-order chi connectivity index (χ1) is 13.4. The van der Waals surface area contributed by atoms with E-state index in [0.717, 1.165) is 11.6 Å². The Balaban J connectivity index is 1.96. The zero-order valence-corrected chi connectivity index (χ0v) is 15.3. The molecular weight excluding hydrogens is 389 g/mol. The van der Waals surface area contributed by atoms with E-state index in [-0.39, 0.29) is 33.3 Å². The van der Waals surface area contributed by atoms with Gasteiger partial charge in [-0.1, -0.05) is 12.1 Å². The predicted molar refractivity (Wildman–Crippen MR) is 101 cm³/mol. The van der Waals surface area contributed by atoms with E-state index in [2.05, 4.69) is 15.3 Å². The van der Waals surface area contributed by atoms with E-state index >= 15 is 0 Å². The highest BCUT2D eigenvalue weighted by molar-refractivity contribution is 7.71. The molecule has 1 aromatic heterocycles. The van der Waals surface area contributed by atoms with Crippen LogP contribution in [0, 0.1) is 20.7 Å². The molecule has 2 aromatic carbocycles. The Morgan fingerprint density at radius 1 is 1.43 bits per heavy atom. The Hall–Kier alpha value is -3.60. The maximum absolute atomic E-state index is 13.1. The van der Waals surface area contributed by atoms with E-state index in [1.807, 2.05) is 0 Å². The summed E-state index contributed by atoms with van der Waals surface area (Å²) >= 11 is 5.14. The Bertz CT molecular complexity index is 1110. The van der Waals surface area contributed by atoms with E-state index in [1.54, 1.807) is 12.1 Å². The lowest BCUT2D eigenvalue weighted by Crippen LogP contribution is -2.02.